The number of hydrogen-bond donors (Lipinski definition) is 2. The average Bonchev–Trinajstić information content (AvgIpc) is 2.67. The van der Waals surface area contributed by atoms with Crippen LogP contribution in [0.2, 0.25) is 0 Å². The van der Waals surface area contributed by atoms with Crippen LogP contribution in [-0.2, 0) is 4.74 Å². The van der Waals surface area contributed by atoms with Gasteiger partial charge in [0.1, 0.15) is 0 Å². The molecule has 0 saturated carbocycles. The summed E-state index contributed by atoms with van der Waals surface area (Å²) in [6.45, 7) is 2.16. The Hall–Kier alpha value is -2.24. The number of hydrogen-bond acceptors (Lipinski definition) is 3. The number of rotatable bonds is 4. The quantitative estimate of drug-likeness (QED) is 0.642. The van der Waals surface area contributed by atoms with Crippen LogP contribution in [0.4, 0.5) is 0 Å². The van der Waals surface area contributed by atoms with E-state index in [2.05, 4.69) is 41.7 Å². The van der Waals surface area contributed by atoms with Gasteiger partial charge >= 0.3 is 0 Å². The Balaban J connectivity index is 1.97. The number of thiocarbonyl (C=S) groups is 1. The molecule has 0 amide bonds. The Labute approximate surface area is 154 Å². The molecule has 0 aliphatic carbocycles. The van der Waals surface area contributed by atoms with Crippen molar-refractivity contribution in [1.29, 1.82) is 0 Å². The minimum Gasteiger partial charge on any atom is -0.375 e. The zero-order valence-electron chi connectivity index (χ0n) is 14.3. The number of nitrogens with zero attached hydrogens (tertiary/aromatic N) is 1. The van der Waals surface area contributed by atoms with E-state index < -0.39 is 0 Å². The highest BCUT2D eigenvalue weighted by Crippen LogP contribution is 2.42. The maximum Gasteiger partial charge on any atom is 0.184 e. The van der Waals surface area contributed by atoms with Crippen LogP contribution in [0.3, 0.4) is 0 Å². The predicted molar refractivity (Wildman–Crippen MR) is 105 cm³/mol. The Bertz CT molecular complexity index is 733. The van der Waals surface area contributed by atoms with Crippen LogP contribution in [-0.4, -0.2) is 10.8 Å². The van der Waals surface area contributed by atoms with E-state index in [4.69, 9.17) is 22.7 Å². The molecule has 0 aromatic heterocycles. The molecule has 5 heteroatoms. The van der Waals surface area contributed by atoms with Crippen LogP contribution in [0.25, 0.3) is 0 Å². The summed E-state index contributed by atoms with van der Waals surface area (Å²) < 4.78 is 6.53. The first kappa shape index (κ1) is 17.6. The van der Waals surface area contributed by atoms with Crippen molar-refractivity contribution in [3.63, 3.8) is 0 Å². The highest BCUT2D eigenvalue weighted by molar-refractivity contribution is 7.80. The van der Waals surface area contributed by atoms with Crippen molar-refractivity contribution in [2.75, 3.05) is 0 Å². The van der Waals surface area contributed by atoms with Crippen molar-refractivity contribution in [2.24, 2.45) is 16.8 Å². The Morgan fingerprint density at radius 1 is 1.12 bits per heavy atom. The molecule has 3 rings (SSSR count). The fraction of sp³-hybridized carbons (Fsp3) is 0.300. The lowest BCUT2D eigenvalue weighted by atomic mass is 9.83. The topological polar surface area (TPSA) is 59.6 Å². The monoisotopic (exact) mass is 353 g/mol. The Morgan fingerprint density at radius 3 is 2.28 bits per heavy atom. The van der Waals surface area contributed by atoms with Crippen LogP contribution in [0.5, 0.6) is 0 Å². The summed E-state index contributed by atoms with van der Waals surface area (Å²) in [6.07, 6.45) is 1.57. The lowest BCUT2D eigenvalue weighted by Gasteiger charge is -2.38. The highest BCUT2D eigenvalue weighted by atomic mass is 32.1. The first-order chi connectivity index (χ1) is 12.2. The first-order valence-electron chi connectivity index (χ1n) is 8.56. The molecule has 0 spiro atoms. The third-order valence-electron chi connectivity index (χ3n) is 4.55. The number of nitrogens with two attached hydrogens (primary N) is 1. The Morgan fingerprint density at radius 2 is 1.72 bits per heavy atom. The summed E-state index contributed by atoms with van der Waals surface area (Å²) in [4.78, 5) is 0. The van der Waals surface area contributed by atoms with Gasteiger partial charge in [0, 0.05) is 18.1 Å². The molecule has 2 aromatic rings. The van der Waals surface area contributed by atoms with Crippen molar-refractivity contribution in [3.05, 3.63) is 71.8 Å². The van der Waals surface area contributed by atoms with Crippen molar-refractivity contribution < 1.29 is 4.74 Å². The van der Waals surface area contributed by atoms with Crippen LogP contribution in [0.15, 0.2) is 65.8 Å². The van der Waals surface area contributed by atoms with Gasteiger partial charge in [-0.3, -0.25) is 5.43 Å². The SMILES string of the molecule is CC[C@@H]1/C(=N/NC(N)=S)C[C@@H](c2ccccc2)O[C@H]1c1ccccc1. The molecule has 0 bridgehead atoms. The second-order valence-electron chi connectivity index (χ2n) is 6.16. The molecule has 1 heterocycles. The van der Waals surface area contributed by atoms with E-state index in [-0.39, 0.29) is 23.2 Å². The van der Waals surface area contributed by atoms with Crippen LogP contribution >= 0.6 is 12.2 Å². The molecule has 1 aliphatic rings. The van der Waals surface area contributed by atoms with Gasteiger partial charge in [-0.05, 0) is 29.8 Å². The molecule has 2 aromatic carbocycles. The zero-order chi connectivity index (χ0) is 17.6. The molecule has 0 unspecified atom stereocenters. The third kappa shape index (κ3) is 4.24. The van der Waals surface area contributed by atoms with Crippen molar-refractivity contribution >= 4 is 23.0 Å². The Kier molecular flexibility index (Phi) is 5.79. The summed E-state index contributed by atoms with van der Waals surface area (Å²) in [6, 6.07) is 20.6. The lowest BCUT2D eigenvalue weighted by molar-refractivity contribution is -0.0471. The van der Waals surface area contributed by atoms with Crippen molar-refractivity contribution in [1.82, 2.24) is 5.43 Å². The fourth-order valence-electron chi connectivity index (χ4n) is 3.36. The molecule has 3 atom stereocenters. The zero-order valence-corrected chi connectivity index (χ0v) is 15.1. The predicted octanol–water partition coefficient (Wildman–Crippen LogP) is 4.10. The first-order valence-corrected chi connectivity index (χ1v) is 8.97. The summed E-state index contributed by atoms with van der Waals surface area (Å²) in [5.74, 6) is 0.184. The third-order valence-corrected chi connectivity index (χ3v) is 4.64. The standard InChI is InChI=1S/C20H23N3OS/c1-2-16-17(22-23-20(21)25)13-18(14-9-5-3-6-10-14)24-19(16)15-11-7-4-8-12-15/h3-12,16,18-19H,2,13H2,1H3,(H3,21,23,25)/b22-17+/t16-,18+,19+/m1/s1. The summed E-state index contributed by atoms with van der Waals surface area (Å²) in [5.41, 5.74) is 11.7. The molecule has 0 radical (unpaired) electrons. The summed E-state index contributed by atoms with van der Waals surface area (Å²) >= 11 is 4.91. The van der Waals surface area contributed by atoms with Gasteiger partial charge in [0.05, 0.1) is 12.2 Å². The second kappa shape index (κ2) is 8.23. The lowest BCUT2D eigenvalue weighted by Crippen LogP contribution is -2.35. The van der Waals surface area contributed by atoms with E-state index in [0.29, 0.717) is 0 Å². The average molecular weight is 353 g/mol. The number of ether oxygens (including phenoxy) is 1. The molecule has 130 valence electrons. The van der Waals surface area contributed by atoms with Gasteiger partial charge in [-0.2, -0.15) is 5.10 Å². The summed E-state index contributed by atoms with van der Waals surface area (Å²) in [7, 11) is 0. The van der Waals surface area contributed by atoms with Gasteiger partial charge in [0.15, 0.2) is 5.11 Å². The largest absolute Gasteiger partial charge is 0.375 e. The molecule has 1 saturated heterocycles. The van der Waals surface area contributed by atoms with Gasteiger partial charge < -0.3 is 10.5 Å². The number of hydrazone groups is 1. The van der Waals surface area contributed by atoms with Gasteiger partial charge in [-0.1, -0.05) is 67.6 Å². The van der Waals surface area contributed by atoms with E-state index in [1.54, 1.807) is 0 Å². The van der Waals surface area contributed by atoms with E-state index in [9.17, 15) is 0 Å². The van der Waals surface area contributed by atoms with Crippen molar-refractivity contribution in [3.8, 4) is 0 Å². The van der Waals surface area contributed by atoms with Gasteiger partial charge in [-0.25, -0.2) is 0 Å². The fourth-order valence-corrected chi connectivity index (χ4v) is 3.40. The van der Waals surface area contributed by atoms with Crippen LogP contribution in [0, 0.1) is 5.92 Å². The molecular weight excluding hydrogens is 330 g/mol. The van der Waals surface area contributed by atoms with E-state index in [1.165, 1.54) is 0 Å². The van der Waals surface area contributed by atoms with E-state index in [1.807, 2.05) is 36.4 Å². The molecule has 4 nitrogen and oxygen atoms in total. The van der Waals surface area contributed by atoms with E-state index in [0.717, 1.165) is 29.7 Å². The van der Waals surface area contributed by atoms with Crippen molar-refractivity contribution in [2.45, 2.75) is 32.0 Å². The molecular formula is C20H23N3OS. The second-order valence-corrected chi connectivity index (χ2v) is 6.60. The number of nitrogens with one attached hydrogen (secondary N) is 1. The number of benzene rings is 2. The molecule has 3 N–H and O–H groups in total. The molecule has 25 heavy (non-hydrogen) atoms. The van der Waals surface area contributed by atoms with Gasteiger partial charge in [0.25, 0.3) is 0 Å². The minimum absolute atomic E-state index is 0.0406. The van der Waals surface area contributed by atoms with Gasteiger partial charge in [-0.15, -0.1) is 0 Å². The summed E-state index contributed by atoms with van der Waals surface area (Å²) in [5, 5.41) is 4.69. The normalized spacial score (nSPS) is 24.8. The maximum atomic E-state index is 6.53. The highest BCUT2D eigenvalue weighted by Gasteiger charge is 2.36. The van der Waals surface area contributed by atoms with Gasteiger partial charge in [0.2, 0.25) is 0 Å². The molecule has 1 fully saturated rings. The van der Waals surface area contributed by atoms with E-state index >= 15 is 0 Å². The minimum atomic E-state index is -0.0444. The van der Waals surface area contributed by atoms with Crippen LogP contribution < -0.4 is 11.2 Å². The van der Waals surface area contributed by atoms with Crippen LogP contribution in [0.1, 0.15) is 43.1 Å². The maximum absolute atomic E-state index is 6.53. The smallest absolute Gasteiger partial charge is 0.184 e. The molecule has 1 aliphatic heterocycles.